The molecule has 18 heavy (non-hydrogen) atoms. The van der Waals surface area contributed by atoms with Gasteiger partial charge in [-0.25, -0.2) is 4.79 Å². The average molecular weight is 251 g/mol. The van der Waals surface area contributed by atoms with Crippen molar-refractivity contribution in [3.63, 3.8) is 0 Å². The van der Waals surface area contributed by atoms with Crippen LogP contribution in [0.1, 0.15) is 34.6 Å². The van der Waals surface area contributed by atoms with Crippen LogP contribution < -0.4 is 9.84 Å². The van der Waals surface area contributed by atoms with Crippen LogP contribution in [-0.4, -0.2) is 25.7 Å². The smallest absolute Gasteiger partial charge is 0.338 e. The van der Waals surface area contributed by atoms with Crippen LogP contribution in [0.3, 0.4) is 0 Å². The first-order valence-electron chi connectivity index (χ1n) is 5.51. The molecule has 0 N–H and O–H groups in total. The van der Waals surface area contributed by atoms with Gasteiger partial charge >= 0.3 is 5.97 Å². The zero-order chi connectivity index (χ0) is 13.7. The number of hydrogen-bond donors (Lipinski definition) is 0. The zero-order valence-electron chi connectivity index (χ0n) is 10.6. The number of hydrogen-bond acceptors (Lipinski definition) is 5. The van der Waals surface area contributed by atoms with Gasteiger partial charge in [0.25, 0.3) is 0 Å². The topological polar surface area (TPSA) is 75.7 Å². The fourth-order valence-electron chi connectivity index (χ4n) is 1.30. The van der Waals surface area contributed by atoms with Crippen LogP contribution in [0.4, 0.5) is 0 Å². The average Bonchev–Trinajstić information content (AvgIpc) is 2.34. The number of carbonyl (C=O) groups is 2. The van der Waals surface area contributed by atoms with Crippen LogP contribution in [0.15, 0.2) is 18.2 Å². The molecule has 5 heteroatoms. The van der Waals surface area contributed by atoms with E-state index in [4.69, 9.17) is 4.74 Å². The van der Waals surface area contributed by atoms with E-state index in [1.54, 1.807) is 0 Å². The Balaban J connectivity index is 3.06. The molecule has 5 nitrogen and oxygen atoms in total. The monoisotopic (exact) mass is 251 g/mol. The Labute approximate surface area is 105 Å². The van der Waals surface area contributed by atoms with Gasteiger partial charge in [0.05, 0.1) is 25.2 Å². The van der Waals surface area contributed by atoms with Crippen LogP contribution in [0.5, 0.6) is 5.75 Å². The van der Waals surface area contributed by atoms with E-state index in [1.165, 1.54) is 25.3 Å². The minimum atomic E-state index is -1.37. The van der Waals surface area contributed by atoms with Crippen molar-refractivity contribution in [2.24, 2.45) is 5.92 Å². The van der Waals surface area contributed by atoms with Gasteiger partial charge in [-0.05, 0) is 24.1 Å². The standard InChI is InChI=1S/C13H16O5/c1-8(2)7-18-11-5-9(12(14)15)4-10(6-11)13(16)17-3/h4-6,8H,7H2,1-3H3,(H,14,15)/p-1. The van der Waals surface area contributed by atoms with Crippen LogP contribution in [0.25, 0.3) is 0 Å². The summed E-state index contributed by atoms with van der Waals surface area (Å²) in [4.78, 5) is 22.2. The SMILES string of the molecule is COC(=O)c1cc(OCC(C)C)cc(C(=O)[O-])c1. The van der Waals surface area contributed by atoms with Crippen molar-refractivity contribution in [1.29, 1.82) is 0 Å². The van der Waals surface area contributed by atoms with Crippen LogP contribution in [0.2, 0.25) is 0 Å². The number of aromatic carboxylic acids is 1. The Morgan fingerprint density at radius 2 is 1.83 bits per heavy atom. The Morgan fingerprint density at radius 3 is 2.33 bits per heavy atom. The minimum Gasteiger partial charge on any atom is -0.545 e. The van der Waals surface area contributed by atoms with Crippen molar-refractivity contribution < 1.29 is 24.2 Å². The Bertz CT molecular complexity index is 451. The van der Waals surface area contributed by atoms with E-state index in [2.05, 4.69) is 4.74 Å². The van der Waals surface area contributed by atoms with Gasteiger partial charge in [0, 0.05) is 5.56 Å². The maximum atomic E-state index is 11.4. The Kier molecular flexibility index (Phi) is 4.71. The van der Waals surface area contributed by atoms with Crippen LogP contribution in [0, 0.1) is 5.92 Å². The van der Waals surface area contributed by atoms with Gasteiger partial charge in [0.1, 0.15) is 5.75 Å². The van der Waals surface area contributed by atoms with E-state index in [9.17, 15) is 14.7 Å². The molecule has 0 saturated heterocycles. The van der Waals surface area contributed by atoms with E-state index in [-0.39, 0.29) is 17.0 Å². The Hall–Kier alpha value is -2.04. The van der Waals surface area contributed by atoms with Crippen molar-refractivity contribution in [3.8, 4) is 5.75 Å². The van der Waals surface area contributed by atoms with Gasteiger partial charge in [-0.2, -0.15) is 0 Å². The molecular weight excluding hydrogens is 236 g/mol. The molecule has 0 aliphatic carbocycles. The van der Waals surface area contributed by atoms with Gasteiger partial charge in [-0.15, -0.1) is 0 Å². The normalized spacial score (nSPS) is 10.2. The van der Waals surface area contributed by atoms with Gasteiger partial charge in [-0.3, -0.25) is 0 Å². The molecule has 0 amide bonds. The third-order valence-electron chi connectivity index (χ3n) is 2.15. The highest BCUT2D eigenvalue weighted by Gasteiger charge is 2.10. The molecule has 0 saturated carbocycles. The second-order valence-corrected chi connectivity index (χ2v) is 4.23. The summed E-state index contributed by atoms with van der Waals surface area (Å²) >= 11 is 0. The number of rotatable bonds is 5. The largest absolute Gasteiger partial charge is 0.545 e. The van der Waals surface area contributed by atoms with Crippen molar-refractivity contribution in [2.75, 3.05) is 13.7 Å². The zero-order valence-corrected chi connectivity index (χ0v) is 10.6. The van der Waals surface area contributed by atoms with Gasteiger partial charge in [0.2, 0.25) is 0 Å². The van der Waals surface area contributed by atoms with Crippen molar-refractivity contribution >= 4 is 11.9 Å². The summed E-state index contributed by atoms with van der Waals surface area (Å²) in [6, 6.07) is 3.97. The van der Waals surface area contributed by atoms with Gasteiger partial charge in [-0.1, -0.05) is 13.8 Å². The van der Waals surface area contributed by atoms with Crippen LogP contribution >= 0.6 is 0 Å². The number of carboxylic acid groups (broad SMARTS) is 1. The number of benzene rings is 1. The quantitative estimate of drug-likeness (QED) is 0.726. The highest BCUT2D eigenvalue weighted by Crippen LogP contribution is 2.18. The molecule has 0 atom stereocenters. The van der Waals surface area contributed by atoms with E-state index < -0.39 is 11.9 Å². The molecule has 98 valence electrons. The molecule has 1 aromatic carbocycles. The maximum absolute atomic E-state index is 11.4. The van der Waals surface area contributed by atoms with E-state index in [1.807, 2.05) is 13.8 Å². The minimum absolute atomic E-state index is 0.114. The lowest BCUT2D eigenvalue weighted by Gasteiger charge is -2.12. The first-order valence-corrected chi connectivity index (χ1v) is 5.51. The lowest BCUT2D eigenvalue weighted by atomic mass is 10.1. The van der Waals surface area contributed by atoms with E-state index >= 15 is 0 Å². The first kappa shape index (κ1) is 14.0. The number of methoxy groups -OCH3 is 1. The molecular formula is C13H15O5-. The fraction of sp³-hybridized carbons (Fsp3) is 0.385. The molecule has 0 unspecified atom stereocenters. The molecule has 0 bridgehead atoms. The number of carboxylic acids is 1. The molecule has 0 aliphatic rings. The summed E-state index contributed by atoms with van der Waals surface area (Å²) in [5.74, 6) is -1.38. The molecule has 0 spiro atoms. The predicted octanol–water partition coefficient (Wildman–Crippen LogP) is 0.871. The third-order valence-corrected chi connectivity index (χ3v) is 2.15. The summed E-state index contributed by atoms with van der Waals surface area (Å²) in [5.41, 5.74) is 0.00890. The molecule has 0 fully saturated rings. The summed E-state index contributed by atoms with van der Waals surface area (Å²) in [5, 5.41) is 10.8. The molecule has 1 rings (SSSR count). The van der Waals surface area contributed by atoms with Crippen molar-refractivity contribution in [1.82, 2.24) is 0 Å². The van der Waals surface area contributed by atoms with Crippen LogP contribution in [-0.2, 0) is 4.74 Å². The highest BCUT2D eigenvalue weighted by molar-refractivity contribution is 5.94. The molecule has 0 radical (unpaired) electrons. The van der Waals surface area contributed by atoms with E-state index in [0.29, 0.717) is 12.4 Å². The fourth-order valence-corrected chi connectivity index (χ4v) is 1.30. The second-order valence-electron chi connectivity index (χ2n) is 4.23. The molecule has 0 aromatic heterocycles. The number of carbonyl (C=O) groups excluding carboxylic acids is 2. The van der Waals surface area contributed by atoms with Gasteiger partial charge in [0.15, 0.2) is 0 Å². The van der Waals surface area contributed by atoms with Crippen molar-refractivity contribution in [2.45, 2.75) is 13.8 Å². The summed E-state index contributed by atoms with van der Waals surface area (Å²) in [6.07, 6.45) is 0. The highest BCUT2D eigenvalue weighted by atomic mass is 16.5. The molecule has 0 aliphatic heterocycles. The lowest BCUT2D eigenvalue weighted by molar-refractivity contribution is -0.255. The number of ether oxygens (including phenoxy) is 2. The molecule has 0 heterocycles. The molecule has 1 aromatic rings. The second kappa shape index (κ2) is 6.05. The lowest BCUT2D eigenvalue weighted by Crippen LogP contribution is -2.23. The van der Waals surface area contributed by atoms with Gasteiger partial charge < -0.3 is 19.4 Å². The predicted molar refractivity (Wildman–Crippen MR) is 62.4 cm³/mol. The maximum Gasteiger partial charge on any atom is 0.338 e. The summed E-state index contributed by atoms with van der Waals surface area (Å²) in [7, 11) is 1.22. The summed E-state index contributed by atoms with van der Waals surface area (Å²) < 4.78 is 9.94. The third kappa shape index (κ3) is 3.76. The Morgan fingerprint density at radius 1 is 1.22 bits per heavy atom. The summed E-state index contributed by atoms with van der Waals surface area (Å²) in [6.45, 7) is 4.35. The number of esters is 1. The van der Waals surface area contributed by atoms with Crippen molar-refractivity contribution in [3.05, 3.63) is 29.3 Å². The van der Waals surface area contributed by atoms with E-state index in [0.717, 1.165) is 0 Å². The first-order chi connectivity index (χ1) is 8.43.